The van der Waals surface area contributed by atoms with E-state index >= 15 is 0 Å². The van der Waals surface area contributed by atoms with Gasteiger partial charge in [-0.3, -0.25) is 4.90 Å². The fourth-order valence-corrected chi connectivity index (χ4v) is 6.25. The number of oxazole rings is 1. The Hall–Kier alpha value is -2.99. The van der Waals surface area contributed by atoms with Crippen LogP contribution >= 0.6 is 0 Å². The number of benzene rings is 3. The van der Waals surface area contributed by atoms with Gasteiger partial charge in [0.1, 0.15) is 5.69 Å². The molecule has 1 aromatic heterocycles. The molecule has 4 nitrogen and oxygen atoms in total. The largest absolute Gasteiger partial charge is 0.438 e. The van der Waals surface area contributed by atoms with Crippen LogP contribution in [-0.4, -0.2) is 37.4 Å². The van der Waals surface area contributed by atoms with E-state index < -0.39 is 8.32 Å². The van der Waals surface area contributed by atoms with Gasteiger partial charge in [-0.1, -0.05) is 112 Å². The van der Waals surface area contributed by atoms with E-state index in [1.807, 2.05) is 12.1 Å². The molecule has 5 heteroatoms. The summed E-state index contributed by atoms with van der Waals surface area (Å²) in [5.41, 5.74) is 4.32. The molecule has 0 N–H and O–H groups in total. The van der Waals surface area contributed by atoms with Crippen LogP contribution in [0.25, 0.3) is 22.6 Å². The molecule has 4 aromatic rings. The van der Waals surface area contributed by atoms with Gasteiger partial charge in [0.05, 0.1) is 6.04 Å². The third kappa shape index (κ3) is 6.27. The van der Waals surface area contributed by atoms with Crippen molar-refractivity contribution in [3.63, 3.8) is 0 Å². The van der Waals surface area contributed by atoms with Crippen molar-refractivity contribution in [1.82, 2.24) is 9.88 Å². The molecule has 2 heterocycles. The van der Waals surface area contributed by atoms with Gasteiger partial charge in [-0.15, -0.1) is 0 Å². The molecular weight excluding hydrogens is 496 g/mol. The van der Waals surface area contributed by atoms with Gasteiger partial charge >= 0.3 is 0 Å². The summed E-state index contributed by atoms with van der Waals surface area (Å²) in [6.07, 6.45) is 3.15. The van der Waals surface area contributed by atoms with Gasteiger partial charge in [-0.05, 0) is 49.5 Å². The van der Waals surface area contributed by atoms with Crippen LogP contribution in [-0.2, 0) is 10.8 Å². The lowest BCUT2D eigenvalue weighted by atomic mass is 10.0. The predicted octanol–water partition coefficient (Wildman–Crippen LogP) is 8.78. The molecule has 0 saturated carbocycles. The van der Waals surface area contributed by atoms with E-state index in [-0.39, 0.29) is 11.1 Å². The lowest BCUT2D eigenvalue weighted by molar-refractivity contribution is 0.108. The van der Waals surface area contributed by atoms with E-state index in [4.69, 9.17) is 13.8 Å². The molecule has 0 unspecified atom stereocenters. The van der Waals surface area contributed by atoms with E-state index in [1.54, 1.807) is 0 Å². The molecule has 0 radical (unpaired) electrons. The van der Waals surface area contributed by atoms with Crippen LogP contribution in [0.4, 0.5) is 0 Å². The van der Waals surface area contributed by atoms with Gasteiger partial charge in [-0.2, -0.15) is 0 Å². The molecule has 2 atom stereocenters. The van der Waals surface area contributed by atoms with Crippen molar-refractivity contribution in [2.24, 2.45) is 0 Å². The highest BCUT2D eigenvalue weighted by atomic mass is 28.4. The quantitative estimate of drug-likeness (QED) is 0.200. The first-order valence-electron chi connectivity index (χ1n) is 14.3. The maximum absolute atomic E-state index is 6.77. The molecule has 1 aliphatic rings. The molecule has 0 bridgehead atoms. The topological polar surface area (TPSA) is 38.5 Å². The molecule has 1 fully saturated rings. The van der Waals surface area contributed by atoms with Crippen molar-refractivity contribution in [2.45, 2.75) is 70.2 Å². The summed E-state index contributed by atoms with van der Waals surface area (Å²) in [5.74, 6) is 1.62. The minimum Gasteiger partial charge on any atom is -0.438 e. The average Bonchev–Trinajstić information content (AvgIpc) is 3.59. The summed E-state index contributed by atoms with van der Waals surface area (Å²) in [7, 11) is -1.85. The Balaban J connectivity index is 1.53. The van der Waals surface area contributed by atoms with Crippen LogP contribution in [0.3, 0.4) is 0 Å². The third-order valence-electron chi connectivity index (χ3n) is 8.55. The molecule has 1 saturated heterocycles. The smallest absolute Gasteiger partial charge is 0.213 e. The van der Waals surface area contributed by atoms with Gasteiger partial charge in [0, 0.05) is 23.8 Å². The Kier molecular flexibility index (Phi) is 8.22. The van der Waals surface area contributed by atoms with E-state index in [1.165, 1.54) is 5.56 Å². The first-order valence-corrected chi connectivity index (χ1v) is 17.2. The number of rotatable bonds is 9. The average molecular weight is 539 g/mol. The van der Waals surface area contributed by atoms with Crippen molar-refractivity contribution in [2.75, 3.05) is 13.2 Å². The summed E-state index contributed by atoms with van der Waals surface area (Å²) in [6, 6.07) is 31.9. The zero-order valence-electron chi connectivity index (χ0n) is 24.1. The van der Waals surface area contributed by atoms with Crippen molar-refractivity contribution in [1.29, 1.82) is 0 Å². The van der Waals surface area contributed by atoms with Crippen LogP contribution in [0.5, 0.6) is 0 Å². The predicted molar refractivity (Wildman–Crippen MR) is 163 cm³/mol. The van der Waals surface area contributed by atoms with Crippen LogP contribution in [0.1, 0.15) is 51.1 Å². The SMILES string of the molecule is CC(C)(C)[Si](C)(C)OC[C@@H]1CCCN1[C@H](Cc1ccccc1)c1nc(-c2ccccc2)c(-c2ccccc2)o1. The van der Waals surface area contributed by atoms with E-state index in [0.29, 0.717) is 6.04 Å². The summed E-state index contributed by atoms with van der Waals surface area (Å²) >= 11 is 0. The zero-order valence-corrected chi connectivity index (χ0v) is 25.1. The summed E-state index contributed by atoms with van der Waals surface area (Å²) < 4.78 is 13.5. The first kappa shape index (κ1) is 27.6. The Morgan fingerprint density at radius 1 is 0.897 bits per heavy atom. The summed E-state index contributed by atoms with van der Waals surface area (Å²) in [6.45, 7) is 13.4. The normalized spacial score (nSPS) is 17.4. The zero-order chi connectivity index (χ0) is 27.5. The van der Waals surface area contributed by atoms with Crippen molar-refractivity contribution >= 4 is 8.32 Å². The maximum atomic E-state index is 6.77. The van der Waals surface area contributed by atoms with Crippen LogP contribution < -0.4 is 0 Å². The Morgan fingerprint density at radius 3 is 2.10 bits per heavy atom. The monoisotopic (exact) mass is 538 g/mol. The number of nitrogens with zero attached hydrogens (tertiary/aromatic N) is 2. The standard InChI is InChI=1S/C34H42N2O2Si/c1-34(2,3)39(4,5)37-25-29-22-15-23-36(29)30(24-26-16-9-6-10-17-26)33-35-31(27-18-11-7-12-19-27)32(38-33)28-20-13-8-14-21-28/h6-14,16-21,29-30H,15,22-25H2,1-5H3/t29-,30+/m0/s1. The molecule has 3 aromatic carbocycles. The van der Waals surface area contributed by atoms with Gasteiger partial charge in [-0.25, -0.2) is 4.98 Å². The van der Waals surface area contributed by atoms with Crippen LogP contribution in [0.2, 0.25) is 18.1 Å². The van der Waals surface area contributed by atoms with Gasteiger partial charge in [0.2, 0.25) is 5.89 Å². The fraction of sp³-hybridized carbons (Fsp3) is 0.382. The van der Waals surface area contributed by atoms with Crippen LogP contribution in [0.15, 0.2) is 95.4 Å². The molecular formula is C34H42N2O2Si. The maximum Gasteiger partial charge on any atom is 0.213 e. The highest BCUT2D eigenvalue weighted by Gasteiger charge is 2.40. The molecule has 5 rings (SSSR count). The van der Waals surface area contributed by atoms with E-state index in [9.17, 15) is 0 Å². The minimum atomic E-state index is -1.85. The first-order chi connectivity index (χ1) is 18.7. The molecule has 0 aliphatic carbocycles. The summed E-state index contributed by atoms with van der Waals surface area (Å²) in [5, 5.41) is 0.192. The van der Waals surface area contributed by atoms with Gasteiger partial charge in [0.25, 0.3) is 0 Å². The fourth-order valence-electron chi connectivity index (χ4n) is 5.21. The second kappa shape index (κ2) is 11.6. The number of aromatic nitrogens is 1. The molecule has 0 spiro atoms. The number of hydrogen-bond donors (Lipinski definition) is 0. The Morgan fingerprint density at radius 2 is 1.49 bits per heavy atom. The van der Waals surface area contributed by atoms with Gasteiger partial charge < -0.3 is 8.84 Å². The Bertz CT molecular complexity index is 1270. The lowest BCUT2D eigenvalue weighted by Gasteiger charge is -2.39. The minimum absolute atomic E-state index is 0.0304. The number of likely N-dealkylation sites (tertiary alicyclic amines) is 1. The van der Waals surface area contributed by atoms with Crippen molar-refractivity contribution < 1.29 is 8.84 Å². The van der Waals surface area contributed by atoms with E-state index in [2.05, 4.69) is 118 Å². The summed E-state index contributed by atoms with van der Waals surface area (Å²) in [4.78, 5) is 7.85. The number of hydrogen-bond acceptors (Lipinski definition) is 4. The highest BCUT2D eigenvalue weighted by Crippen LogP contribution is 2.40. The highest BCUT2D eigenvalue weighted by molar-refractivity contribution is 6.74. The molecule has 0 amide bonds. The van der Waals surface area contributed by atoms with E-state index in [0.717, 1.165) is 60.9 Å². The van der Waals surface area contributed by atoms with Gasteiger partial charge in [0.15, 0.2) is 14.1 Å². The molecule has 204 valence electrons. The molecule has 1 aliphatic heterocycles. The Labute approximate surface area is 235 Å². The second-order valence-electron chi connectivity index (χ2n) is 12.3. The second-order valence-corrected chi connectivity index (χ2v) is 17.1. The lowest BCUT2D eigenvalue weighted by Crippen LogP contribution is -2.45. The molecule has 39 heavy (non-hydrogen) atoms. The third-order valence-corrected chi connectivity index (χ3v) is 13.1. The van der Waals surface area contributed by atoms with Crippen molar-refractivity contribution in [3.05, 3.63) is 102 Å². The van der Waals surface area contributed by atoms with Crippen molar-refractivity contribution in [3.8, 4) is 22.6 Å². The van der Waals surface area contributed by atoms with Crippen LogP contribution in [0, 0.1) is 0 Å².